The Kier molecular flexibility index (Phi) is 7.62. The van der Waals surface area contributed by atoms with Crippen LogP contribution in [0.15, 0.2) is 10.6 Å². The number of rotatable bonds is 6. The highest BCUT2D eigenvalue weighted by atomic mass is 35.5. The second kappa shape index (κ2) is 8.11. The molecule has 0 spiro atoms. The van der Waals surface area contributed by atoms with Gasteiger partial charge in [-0.25, -0.2) is 0 Å². The summed E-state index contributed by atoms with van der Waals surface area (Å²) in [5.41, 5.74) is 6.28. The predicted octanol–water partition coefficient (Wildman–Crippen LogP) is 2.08. The van der Waals surface area contributed by atoms with Gasteiger partial charge in [0.15, 0.2) is 0 Å². The number of halogens is 1. The van der Waals surface area contributed by atoms with E-state index in [1.165, 1.54) is 0 Å². The van der Waals surface area contributed by atoms with E-state index in [0.717, 1.165) is 18.5 Å². The minimum Gasteiger partial charge on any atom is -0.351 e. The molecular weight excluding hydrogens is 254 g/mol. The van der Waals surface area contributed by atoms with Gasteiger partial charge in [-0.1, -0.05) is 19.0 Å². The first kappa shape index (κ1) is 16.9. The molecule has 0 radical (unpaired) electrons. The Labute approximate surface area is 114 Å². The van der Waals surface area contributed by atoms with Gasteiger partial charge in [0, 0.05) is 24.6 Å². The summed E-state index contributed by atoms with van der Waals surface area (Å²) in [4.78, 5) is 11.7. The fourth-order valence-electron chi connectivity index (χ4n) is 1.65. The van der Waals surface area contributed by atoms with Crippen molar-refractivity contribution in [1.29, 1.82) is 0 Å². The molecule has 1 heterocycles. The summed E-state index contributed by atoms with van der Waals surface area (Å²) in [7, 11) is 0. The maximum Gasteiger partial charge on any atom is 0.290 e. The van der Waals surface area contributed by atoms with Crippen molar-refractivity contribution in [3.8, 4) is 0 Å². The van der Waals surface area contributed by atoms with Crippen LogP contribution < -0.4 is 11.1 Å². The van der Waals surface area contributed by atoms with Gasteiger partial charge in [0.05, 0.1) is 5.69 Å². The number of nitrogens with zero attached hydrogens (tertiary/aromatic N) is 1. The largest absolute Gasteiger partial charge is 0.351 e. The zero-order valence-corrected chi connectivity index (χ0v) is 11.9. The van der Waals surface area contributed by atoms with Gasteiger partial charge in [-0.2, -0.15) is 0 Å². The lowest BCUT2D eigenvalue weighted by molar-refractivity contribution is 0.0904. The average molecular weight is 276 g/mol. The Hall–Kier alpha value is -1.07. The molecule has 0 saturated carbocycles. The molecule has 0 fully saturated rings. The van der Waals surface area contributed by atoms with Crippen LogP contribution in [0.1, 0.15) is 55.8 Å². The number of nitrogens with two attached hydrogens (primary N) is 1. The molecule has 1 amide bonds. The Morgan fingerprint density at radius 1 is 1.50 bits per heavy atom. The van der Waals surface area contributed by atoms with Crippen LogP contribution in [0.3, 0.4) is 0 Å². The molecule has 18 heavy (non-hydrogen) atoms. The summed E-state index contributed by atoms with van der Waals surface area (Å²) in [6.07, 6.45) is 1.98. The van der Waals surface area contributed by atoms with Gasteiger partial charge in [-0.15, -0.1) is 12.4 Å². The smallest absolute Gasteiger partial charge is 0.290 e. The van der Waals surface area contributed by atoms with Crippen LogP contribution in [-0.4, -0.2) is 23.7 Å². The van der Waals surface area contributed by atoms with Gasteiger partial charge in [0.2, 0.25) is 5.76 Å². The first-order chi connectivity index (χ1) is 8.12. The zero-order chi connectivity index (χ0) is 12.8. The van der Waals surface area contributed by atoms with Crippen LogP contribution in [0, 0.1) is 0 Å². The maximum absolute atomic E-state index is 11.7. The summed E-state index contributed by atoms with van der Waals surface area (Å²) < 4.78 is 5.05. The van der Waals surface area contributed by atoms with E-state index < -0.39 is 0 Å². The molecule has 1 atom stereocenters. The molecule has 6 heteroatoms. The van der Waals surface area contributed by atoms with E-state index in [4.69, 9.17) is 10.3 Å². The van der Waals surface area contributed by atoms with Crippen molar-refractivity contribution < 1.29 is 9.32 Å². The summed E-state index contributed by atoms with van der Waals surface area (Å²) >= 11 is 0. The van der Waals surface area contributed by atoms with E-state index in [9.17, 15) is 4.79 Å². The fourth-order valence-corrected chi connectivity index (χ4v) is 1.65. The third kappa shape index (κ3) is 4.31. The third-order valence-electron chi connectivity index (χ3n) is 2.89. The Morgan fingerprint density at radius 3 is 2.61 bits per heavy atom. The van der Waals surface area contributed by atoms with Crippen LogP contribution in [0.4, 0.5) is 0 Å². The minimum absolute atomic E-state index is 0. The van der Waals surface area contributed by atoms with E-state index in [2.05, 4.69) is 24.3 Å². The first-order valence-electron chi connectivity index (χ1n) is 6.09. The monoisotopic (exact) mass is 275 g/mol. The molecule has 0 aliphatic heterocycles. The number of carbonyl (C=O) groups is 1. The number of hydrogen-bond donors (Lipinski definition) is 2. The van der Waals surface area contributed by atoms with E-state index in [1.54, 1.807) is 6.07 Å². The molecule has 0 saturated heterocycles. The number of hydrogen-bond acceptors (Lipinski definition) is 4. The second-order valence-electron chi connectivity index (χ2n) is 4.24. The molecule has 0 aromatic carbocycles. The fraction of sp³-hybridized carbons (Fsp3) is 0.667. The first-order valence-corrected chi connectivity index (χ1v) is 6.09. The van der Waals surface area contributed by atoms with E-state index in [1.807, 2.05) is 6.92 Å². The third-order valence-corrected chi connectivity index (χ3v) is 2.89. The molecule has 0 aliphatic carbocycles. The van der Waals surface area contributed by atoms with Crippen molar-refractivity contribution in [1.82, 2.24) is 10.5 Å². The molecule has 0 unspecified atom stereocenters. The van der Waals surface area contributed by atoms with Crippen molar-refractivity contribution in [2.45, 2.75) is 45.6 Å². The Morgan fingerprint density at radius 2 is 2.11 bits per heavy atom. The molecule has 0 bridgehead atoms. The SMILES string of the molecule is CCC(CC)c1cc(C(=O)N[C@@H](C)CN)on1.Cl. The molecule has 1 aromatic rings. The molecule has 1 rings (SSSR count). The number of carbonyl (C=O) groups excluding carboxylic acids is 1. The summed E-state index contributed by atoms with van der Waals surface area (Å²) in [5.74, 6) is 0.354. The molecule has 5 nitrogen and oxygen atoms in total. The van der Waals surface area contributed by atoms with Crippen LogP contribution in [0.2, 0.25) is 0 Å². The van der Waals surface area contributed by atoms with Gasteiger partial charge in [0.25, 0.3) is 5.91 Å². The Bertz CT molecular complexity index is 364. The van der Waals surface area contributed by atoms with Crippen molar-refractivity contribution >= 4 is 18.3 Å². The van der Waals surface area contributed by atoms with Crippen molar-refractivity contribution in [2.24, 2.45) is 5.73 Å². The lowest BCUT2D eigenvalue weighted by atomic mass is 9.99. The van der Waals surface area contributed by atoms with Gasteiger partial charge in [0.1, 0.15) is 0 Å². The summed E-state index contributed by atoms with van der Waals surface area (Å²) in [5, 5.41) is 6.68. The average Bonchev–Trinajstić information content (AvgIpc) is 2.80. The molecule has 1 aromatic heterocycles. The van der Waals surface area contributed by atoms with Crippen LogP contribution in [0.25, 0.3) is 0 Å². The van der Waals surface area contributed by atoms with Crippen molar-refractivity contribution in [3.05, 3.63) is 17.5 Å². The molecule has 104 valence electrons. The van der Waals surface area contributed by atoms with Gasteiger partial charge >= 0.3 is 0 Å². The normalized spacial score (nSPS) is 12.1. The molecular formula is C12H22ClN3O2. The van der Waals surface area contributed by atoms with E-state index in [0.29, 0.717) is 12.5 Å². The lowest BCUT2D eigenvalue weighted by Gasteiger charge is -2.08. The quantitative estimate of drug-likeness (QED) is 0.833. The number of amides is 1. The molecule has 3 N–H and O–H groups in total. The minimum atomic E-state index is -0.257. The maximum atomic E-state index is 11.7. The van der Waals surface area contributed by atoms with E-state index >= 15 is 0 Å². The molecule has 0 aliphatic rings. The Balaban J connectivity index is 0.00000289. The highest BCUT2D eigenvalue weighted by molar-refractivity contribution is 5.91. The van der Waals surface area contributed by atoms with Crippen LogP contribution in [0.5, 0.6) is 0 Å². The van der Waals surface area contributed by atoms with Crippen LogP contribution >= 0.6 is 12.4 Å². The highest BCUT2D eigenvalue weighted by Gasteiger charge is 2.18. The highest BCUT2D eigenvalue weighted by Crippen LogP contribution is 2.22. The second-order valence-corrected chi connectivity index (χ2v) is 4.24. The van der Waals surface area contributed by atoms with Gasteiger partial charge in [-0.3, -0.25) is 4.79 Å². The van der Waals surface area contributed by atoms with Crippen LogP contribution in [-0.2, 0) is 0 Å². The lowest BCUT2D eigenvalue weighted by Crippen LogP contribution is -2.37. The number of nitrogens with one attached hydrogen (secondary N) is 1. The summed E-state index contributed by atoms with van der Waals surface area (Å²) in [6, 6.07) is 1.65. The predicted molar refractivity (Wildman–Crippen MR) is 73.1 cm³/mol. The van der Waals surface area contributed by atoms with Crippen molar-refractivity contribution in [2.75, 3.05) is 6.54 Å². The summed E-state index contributed by atoms with van der Waals surface area (Å²) in [6.45, 7) is 6.44. The van der Waals surface area contributed by atoms with Gasteiger partial charge < -0.3 is 15.6 Å². The van der Waals surface area contributed by atoms with Gasteiger partial charge in [-0.05, 0) is 19.8 Å². The number of aromatic nitrogens is 1. The van der Waals surface area contributed by atoms with Crippen molar-refractivity contribution in [3.63, 3.8) is 0 Å². The zero-order valence-electron chi connectivity index (χ0n) is 11.1. The van der Waals surface area contributed by atoms with E-state index in [-0.39, 0.29) is 30.1 Å². The standard InChI is InChI=1S/C12H21N3O2.ClH/c1-4-9(5-2)10-6-11(17-15-10)12(16)14-8(3)7-13;/h6,8-9H,4-5,7,13H2,1-3H3,(H,14,16);1H/t8-;/m0./s1. The topological polar surface area (TPSA) is 81.2 Å².